The van der Waals surface area contributed by atoms with Crippen molar-refractivity contribution >= 4 is 38.7 Å². The van der Waals surface area contributed by atoms with Crippen LogP contribution in [0.5, 0.6) is 0 Å². The van der Waals surface area contributed by atoms with E-state index in [0.717, 1.165) is 30.8 Å². The SMILES string of the molecule is O=C(c1cc2c(s1)-c1ccc(Cl)cc1S(=O)(=O)C2)N1CCCC1. The Balaban J connectivity index is 1.82. The van der Waals surface area contributed by atoms with E-state index in [4.69, 9.17) is 11.6 Å². The minimum absolute atomic E-state index is 0.00908. The number of carbonyl (C=O) groups excluding carboxylic acids is 1. The van der Waals surface area contributed by atoms with Crippen LogP contribution in [0.1, 0.15) is 28.1 Å². The molecule has 120 valence electrons. The molecule has 1 amide bonds. The van der Waals surface area contributed by atoms with Crippen LogP contribution in [-0.2, 0) is 15.6 Å². The number of halogens is 1. The topological polar surface area (TPSA) is 54.5 Å². The highest BCUT2D eigenvalue weighted by Crippen LogP contribution is 2.43. The maximum absolute atomic E-state index is 12.6. The summed E-state index contributed by atoms with van der Waals surface area (Å²) < 4.78 is 24.9. The summed E-state index contributed by atoms with van der Waals surface area (Å²) >= 11 is 7.33. The zero-order chi connectivity index (χ0) is 16.2. The molecule has 0 spiro atoms. The monoisotopic (exact) mass is 367 g/mol. The molecule has 0 N–H and O–H groups in total. The summed E-state index contributed by atoms with van der Waals surface area (Å²) in [7, 11) is -3.41. The lowest BCUT2D eigenvalue weighted by Crippen LogP contribution is -2.26. The van der Waals surface area contributed by atoms with Gasteiger partial charge in [0, 0.05) is 28.6 Å². The summed E-state index contributed by atoms with van der Waals surface area (Å²) in [6.45, 7) is 1.57. The highest BCUT2D eigenvalue weighted by atomic mass is 35.5. The number of nitrogens with zero attached hydrogens (tertiary/aromatic N) is 1. The van der Waals surface area contributed by atoms with Gasteiger partial charge in [0.1, 0.15) is 0 Å². The van der Waals surface area contributed by atoms with Crippen molar-refractivity contribution < 1.29 is 13.2 Å². The van der Waals surface area contributed by atoms with Crippen LogP contribution in [0, 0.1) is 0 Å². The molecule has 0 aliphatic carbocycles. The molecule has 0 unspecified atom stereocenters. The first-order valence-corrected chi connectivity index (χ1v) is 10.2. The maximum Gasteiger partial charge on any atom is 0.263 e. The fourth-order valence-electron chi connectivity index (χ4n) is 3.17. The molecule has 0 atom stereocenters. The molecule has 1 aromatic heterocycles. The van der Waals surface area contributed by atoms with Crippen LogP contribution in [0.2, 0.25) is 5.02 Å². The summed E-state index contributed by atoms with van der Waals surface area (Å²) in [4.78, 5) is 16.2. The zero-order valence-corrected chi connectivity index (χ0v) is 14.6. The second-order valence-electron chi connectivity index (χ2n) is 5.86. The van der Waals surface area contributed by atoms with Gasteiger partial charge in [0.25, 0.3) is 5.91 Å². The van der Waals surface area contributed by atoms with Crippen molar-refractivity contribution in [3.63, 3.8) is 0 Å². The van der Waals surface area contributed by atoms with E-state index in [9.17, 15) is 13.2 Å². The van der Waals surface area contributed by atoms with Gasteiger partial charge in [-0.15, -0.1) is 11.3 Å². The predicted octanol–water partition coefficient (Wildman–Crippen LogP) is 3.59. The number of carbonyl (C=O) groups is 1. The van der Waals surface area contributed by atoms with Crippen molar-refractivity contribution in [2.75, 3.05) is 13.1 Å². The second-order valence-corrected chi connectivity index (χ2v) is 9.31. The Morgan fingerprint density at radius 2 is 1.91 bits per heavy atom. The van der Waals surface area contributed by atoms with Crippen molar-refractivity contribution in [1.82, 2.24) is 4.90 Å². The normalized spacial score (nSPS) is 18.6. The molecule has 4 rings (SSSR count). The standard InChI is InChI=1S/C16H14ClNO3S2/c17-11-3-4-12-14(8-11)23(20,21)9-10-7-13(22-15(10)12)16(19)18-5-1-2-6-18/h3-4,7-8H,1-2,5-6,9H2. The Labute approximate surface area is 143 Å². The number of benzene rings is 1. The van der Waals surface area contributed by atoms with Crippen LogP contribution < -0.4 is 0 Å². The average molecular weight is 368 g/mol. The number of sulfone groups is 1. The predicted molar refractivity (Wildman–Crippen MR) is 90.8 cm³/mol. The number of fused-ring (bicyclic) bond motifs is 3. The molecule has 23 heavy (non-hydrogen) atoms. The van der Waals surface area contributed by atoms with Crippen LogP contribution in [0.15, 0.2) is 29.2 Å². The minimum Gasteiger partial charge on any atom is -0.338 e. The Morgan fingerprint density at radius 1 is 1.17 bits per heavy atom. The average Bonchev–Trinajstić information content (AvgIpc) is 3.15. The highest BCUT2D eigenvalue weighted by Gasteiger charge is 2.32. The van der Waals surface area contributed by atoms with Gasteiger partial charge in [-0.25, -0.2) is 8.42 Å². The van der Waals surface area contributed by atoms with Gasteiger partial charge in [0.15, 0.2) is 9.84 Å². The van der Waals surface area contributed by atoms with Crippen molar-refractivity contribution in [3.05, 3.63) is 39.7 Å². The molecule has 0 saturated carbocycles. The summed E-state index contributed by atoms with van der Waals surface area (Å²) in [5.41, 5.74) is 1.37. The number of rotatable bonds is 1. The van der Waals surface area contributed by atoms with Crippen molar-refractivity contribution in [1.29, 1.82) is 0 Å². The Bertz CT molecular complexity index is 911. The fraction of sp³-hybridized carbons (Fsp3) is 0.312. The third-order valence-electron chi connectivity index (χ3n) is 4.28. The summed E-state index contributed by atoms with van der Waals surface area (Å²) in [5, 5.41) is 0.403. The number of likely N-dealkylation sites (tertiary alicyclic amines) is 1. The van der Waals surface area contributed by atoms with Gasteiger partial charge >= 0.3 is 0 Å². The molecular weight excluding hydrogens is 354 g/mol. The quantitative estimate of drug-likeness (QED) is 0.773. The van der Waals surface area contributed by atoms with Crippen molar-refractivity contribution in [2.45, 2.75) is 23.5 Å². The summed E-state index contributed by atoms with van der Waals surface area (Å²) in [5.74, 6) is -0.0609. The molecule has 2 aliphatic rings. The van der Waals surface area contributed by atoms with Gasteiger partial charge in [-0.05, 0) is 36.6 Å². The van der Waals surface area contributed by atoms with E-state index >= 15 is 0 Å². The van der Waals surface area contributed by atoms with E-state index < -0.39 is 9.84 Å². The molecular formula is C16H14ClNO3S2. The van der Waals surface area contributed by atoms with Gasteiger partial charge in [-0.3, -0.25) is 4.79 Å². The Hall–Kier alpha value is -1.37. The molecule has 7 heteroatoms. The number of thiophene rings is 1. The molecule has 2 aromatic rings. The van der Waals surface area contributed by atoms with Crippen LogP contribution in [0.25, 0.3) is 10.4 Å². The van der Waals surface area contributed by atoms with E-state index in [2.05, 4.69) is 0 Å². The molecule has 1 saturated heterocycles. The lowest BCUT2D eigenvalue weighted by molar-refractivity contribution is 0.0797. The van der Waals surface area contributed by atoms with Gasteiger partial charge in [0.2, 0.25) is 0 Å². The van der Waals surface area contributed by atoms with E-state index in [1.165, 1.54) is 17.4 Å². The molecule has 0 bridgehead atoms. The highest BCUT2D eigenvalue weighted by molar-refractivity contribution is 7.91. The molecule has 1 fully saturated rings. The molecule has 3 heterocycles. The van der Waals surface area contributed by atoms with Crippen molar-refractivity contribution in [2.24, 2.45) is 0 Å². The van der Waals surface area contributed by atoms with Gasteiger partial charge in [-0.2, -0.15) is 0 Å². The lowest BCUT2D eigenvalue weighted by Gasteiger charge is -2.16. The Morgan fingerprint density at radius 3 is 2.65 bits per heavy atom. The molecule has 4 nitrogen and oxygen atoms in total. The van der Waals surface area contributed by atoms with Gasteiger partial charge in [-0.1, -0.05) is 17.7 Å². The van der Waals surface area contributed by atoms with Crippen LogP contribution >= 0.6 is 22.9 Å². The van der Waals surface area contributed by atoms with Gasteiger partial charge in [0.05, 0.1) is 15.5 Å². The van der Waals surface area contributed by atoms with E-state index in [0.29, 0.717) is 21.0 Å². The third-order valence-corrected chi connectivity index (χ3v) is 7.41. The number of amides is 1. The lowest BCUT2D eigenvalue weighted by atomic mass is 10.1. The maximum atomic E-state index is 12.6. The minimum atomic E-state index is -3.41. The van der Waals surface area contributed by atoms with Crippen LogP contribution in [-0.4, -0.2) is 32.3 Å². The second kappa shape index (κ2) is 5.33. The zero-order valence-electron chi connectivity index (χ0n) is 12.2. The molecule has 1 aromatic carbocycles. The molecule has 0 radical (unpaired) electrons. The fourth-order valence-corrected chi connectivity index (χ4v) is 6.35. The first-order valence-electron chi connectivity index (χ1n) is 7.40. The van der Waals surface area contributed by atoms with Gasteiger partial charge < -0.3 is 4.90 Å². The number of hydrogen-bond acceptors (Lipinski definition) is 4. The molecule has 2 aliphatic heterocycles. The first kappa shape index (κ1) is 15.2. The van der Waals surface area contributed by atoms with E-state index in [1.807, 2.05) is 4.90 Å². The Kier molecular flexibility index (Phi) is 3.51. The third kappa shape index (κ3) is 2.49. The summed E-state index contributed by atoms with van der Waals surface area (Å²) in [6, 6.07) is 6.66. The van der Waals surface area contributed by atoms with Crippen LogP contribution in [0.4, 0.5) is 0 Å². The number of hydrogen-bond donors (Lipinski definition) is 0. The first-order chi connectivity index (χ1) is 11.0. The summed E-state index contributed by atoms with van der Waals surface area (Å²) in [6.07, 6.45) is 2.07. The smallest absolute Gasteiger partial charge is 0.263 e. The van der Waals surface area contributed by atoms with E-state index in [1.54, 1.807) is 18.2 Å². The van der Waals surface area contributed by atoms with E-state index in [-0.39, 0.29) is 16.6 Å². The largest absolute Gasteiger partial charge is 0.338 e. The van der Waals surface area contributed by atoms with Crippen LogP contribution in [0.3, 0.4) is 0 Å². The van der Waals surface area contributed by atoms with Crippen molar-refractivity contribution in [3.8, 4) is 10.4 Å².